The van der Waals surface area contributed by atoms with Crippen molar-refractivity contribution >= 4 is 24.2 Å². The maximum atomic E-state index is 12.6. The number of carbonyl (C=O) groups excluding carboxylic acids is 2. The zero-order chi connectivity index (χ0) is 16.2. The Morgan fingerprint density at radius 1 is 0.958 bits per heavy atom. The van der Waals surface area contributed by atoms with Gasteiger partial charge in [0.15, 0.2) is 0 Å². The summed E-state index contributed by atoms with van der Waals surface area (Å²) in [5.41, 5.74) is 6.71. The summed E-state index contributed by atoms with van der Waals surface area (Å²) in [5, 5.41) is 0. The molecule has 1 aliphatic carbocycles. The summed E-state index contributed by atoms with van der Waals surface area (Å²) < 4.78 is 0. The fourth-order valence-electron chi connectivity index (χ4n) is 3.60. The van der Waals surface area contributed by atoms with Gasteiger partial charge in [-0.2, -0.15) is 0 Å². The number of benzene rings is 1. The second-order valence-corrected chi connectivity index (χ2v) is 6.61. The molecule has 1 saturated heterocycles. The molecule has 0 spiro atoms. The Kier molecular flexibility index (Phi) is 6.63. The van der Waals surface area contributed by atoms with Crippen molar-refractivity contribution in [2.24, 2.45) is 11.7 Å². The quantitative estimate of drug-likeness (QED) is 0.885. The van der Waals surface area contributed by atoms with Crippen molar-refractivity contribution in [2.45, 2.75) is 31.7 Å². The molecule has 132 valence electrons. The topological polar surface area (TPSA) is 66.6 Å². The van der Waals surface area contributed by atoms with Crippen molar-refractivity contribution in [2.75, 3.05) is 26.2 Å². The van der Waals surface area contributed by atoms with Gasteiger partial charge in [0.2, 0.25) is 5.91 Å². The lowest BCUT2D eigenvalue weighted by Gasteiger charge is -2.37. The summed E-state index contributed by atoms with van der Waals surface area (Å²) in [6, 6.07) is 9.49. The Hall–Kier alpha value is -1.59. The molecule has 6 heteroatoms. The Bertz CT molecular complexity index is 559. The van der Waals surface area contributed by atoms with Crippen molar-refractivity contribution in [3.05, 3.63) is 35.9 Å². The van der Waals surface area contributed by atoms with Gasteiger partial charge in [-0.3, -0.25) is 9.59 Å². The molecule has 3 rings (SSSR count). The molecule has 24 heavy (non-hydrogen) atoms. The molecule has 0 bridgehead atoms. The van der Waals surface area contributed by atoms with Crippen LogP contribution < -0.4 is 5.73 Å². The van der Waals surface area contributed by atoms with Crippen LogP contribution in [0.3, 0.4) is 0 Å². The summed E-state index contributed by atoms with van der Waals surface area (Å²) in [5.74, 6) is 0.361. The van der Waals surface area contributed by atoms with Crippen molar-refractivity contribution < 1.29 is 9.59 Å². The molecule has 0 aromatic heterocycles. The highest BCUT2D eigenvalue weighted by molar-refractivity contribution is 5.94. The summed E-state index contributed by atoms with van der Waals surface area (Å²) in [4.78, 5) is 28.8. The van der Waals surface area contributed by atoms with E-state index in [1.165, 1.54) is 0 Å². The minimum absolute atomic E-state index is 0. The van der Waals surface area contributed by atoms with Gasteiger partial charge in [-0.05, 0) is 31.4 Å². The zero-order valence-corrected chi connectivity index (χ0v) is 14.7. The number of amides is 2. The van der Waals surface area contributed by atoms with E-state index in [9.17, 15) is 9.59 Å². The van der Waals surface area contributed by atoms with Crippen LogP contribution >= 0.6 is 12.4 Å². The van der Waals surface area contributed by atoms with E-state index in [1.807, 2.05) is 40.1 Å². The molecular weight excluding hydrogens is 326 g/mol. The lowest BCUT2D eigenvalue weighted by Crippen LogP contribution is -2.52. The molecule has 2 N–H and O–H groups in total. The number of carbonyl (C=O) groups is 2. The van der Waals surface area contributed by atoms with Crippen LogP contribution in [0.4, 0.5) is 0 Å². The highest BCUT2D eigenvalue weighted by Gasteiger charge is 2.31. The van der Waals surface area contributed by atoms with E-state index >= 15 is 0 Å². The highest BCUT2D eigenvalue weighted by Crippen LogP contribution is 2.25. The predicted molar refractivity (Wildman–Crippen MR) is 96.1 cm³/mol. The van der Waals surface area contributed by atoms with Gasteiger partial charge in [0.1, 0.15) is 0 Å². The van der Waals surface area contributed by atoms with Crippen molar-refractivity contribution in [1.29, 1.82) is 0 Å². The molecule has 2 aliphatic rings. The predicted octanol–water partition coefficient (Wildman–Crippen LogP) is 1.91. The first-order valence-electron chi connectivity index (χ1n) is 8.54. The van der Waals surface area contributed by atoms with Gasteiger partial charge >= 0.3 is 0 Å². The second-order valence-electron chi connectivity index (χ2n) is 6.61. The summed E-state index contributed by atoms with van der Waals surface area (Å²) in [6.07, 6.45) is 3.84. The van der Waals surface area contributed by atoms with Crippen LogP contribution in [-0.4, -0.2) is 53.8 Å². The van der Waals surface area contributed by atoms with Gasteiger partial charge in [0.25, 0.3) is 5.91 Å². The van der Waals surface area contributed by atoms with Crippen LogP contribution in [0.5, 0.6) is 0 Å². The van der Waals surface area contributed by atoms with Gasteiger partial charge in [-0.25, -0.2) is 0 Å². The third-order valence-electron chi connectivity index (χ3n) is 4.96. The summed E-state index contributed by atoms with van der Waals surface area (Å²) >= 11 is 0. The average molecular weight is 352 g/mol. The Morgan fingerprint density at radius 2 is 1.58 bits per heavy atom. The summed E-state index contributed by atoms with van der Waals surface area (Å²) in [7, 11) is 0. The molecule has 2 amide bonds. The third kappa shape index (κ3) is 4.28. The van der Waals surface area contributed by atoms with Crippen molar-refractivity contribution in [1.82, 2.24) is 9.80 Å². The smallest absolute Gasteiger partial charge is 0.253 e. The van der Waals surface area contributed by atoms with Crippen LogP contribution in [0.1, 0.15) is 36.0 Å². The van der Waals surface area contributed by atoms with Crippen molar-refractivity contribution in [3.8, 4) is 0 Å². The molecule has 1 heterocycles. The lowest BCUT2D eigenvalue weighted by molar-refractivity contribution is -0.138. The molecule has 2 fully saturated rings. The average Bonchev–Trinajstić information content (AvgIpc) is 2.61. The van der Waals surface area contributed by atoms with Gasteiger partial charge in [-0.1, -0.05) is 24.6 Å². The zero-order valence-electron chi connectivity index (χ0n) is 13.9. The lowest BCUT2D eigenvalue weighted by atomic mass is 9.85. The van der Waals surface area contributed by atoms with E-state index in [0.717, 1.165) is 25.7 Å². The molecular formula is C18H26ClN3O2. The van der Waals surface area contributed by atoms with Gasteiger partial charge < -0.3 is 15.5 Å². The first kappa shape index (κ1) is 18.7. The van der Waals surface area contributed by atoms with Crippen LogP contribution in [0.15, 0.2) is 30.3 Å². The molecule has 0 radical (unpaired) electrons. The molecule has 1 saturated carbocycles. The maximum Gasteiger partial charge on any atom is 0.253 e. The molecule has 1 aliphatic heterocycles. The molecule has 2 atom stereocenters. The van der Waals surface area contributed by atoms with E-state index < -0.39 is 0 Å². The maximum absolute atomic E-state index is 12.6. The standard InChI is InChI=1S/C18H25N3O2.ClH/c19-16-8-4-7-15(13-16)18(23)21-11-9-20(10-12-21)17(22)14-5-2-1-3-6-14;/h1-3,5-6,15-16H,4,7-13,19H2;1H. The van der Waals surface area contributed by atoms with Crippen LogP contribution in [-0.2, 0) is 4.79 Å². The van der Waals surface area contributed by atoms with Crippen LogP contribution in [0, 0.1) is 5.92 Å². The number of nitrogens with zero attached hydrogens (tertiary/aromatic N) is 2. The van der Waals surface area contributed by atoms with Gasteiger partial charge in [-0.15, -0.1) is 12.4 Å². The SMILES string of the molecule is Cl.NC1CCCC(C(=O)N2CCN(C(=O)c3ccccc3)CC2)C1. The third-order valence-corrected chi connectivity index (χ3v) is 4.96. The molecule has 5 nitrogen and oxygen atoms in total. The number of nitrogens with two attached hydrogens (primary N) is 1. The van der Waals surface area contributed by atoms with E-state index in [-0.39, 0.29) is 36.2 Å². The van der Waals surface area contributed by atoms with E-state index in [1.54, 1.807) is 0 Å². The number of halogens is 1. The molecule has 1 aromatic rings. The summed E-state index contributed by atoms with van der Waals surface area (Å²) in [6.45, 7) is 2.47. The normalized spacial score (nSPS) is 24.2. The van der Waals surface area contributed by atoms with Gasteiger partial charge in [0, 0.05) is 43.7 Å². The monoisotopic (exact) mass is 351 g/mol. The highest BCUT2D eigenvalue weighted by atomic mass is 35.5. The Balaban J connectivity index is 0.00000208. The number of piperazine rings is 1. The first-order chi connectivity index (χ1) is 11.1. The Morgan fingerprint density at radius 3 is 2.21 bits per heavy atom. The first-order valence-corrected chi connectivity index (χ1v) is 8.54. The van der Waals surface area contributed by atoms with Crippen molar-refractivity contribution in [3.63, 3.8) is 0 Å². The molecule has 2 unspecified atom stereocenters. The minimum atomic E-state index is 0. The Labute approximate surface area is 149 Å². The van der Waals surface area contributed by atoms with Crippen LogP contribution in [0.2, 0.25) is 0 Å². The fraction of sp³-hybridized carbons (Fsp3) is 0.556. The largest absolute Gasteiger partial charge is 0.339 e. The van der Waals surface area contributed by atoms with E-state index in [2.05, 4.69) is 0 Å². The van der Waals surface area contributed by atoms with E-state index in [4.69, 9.17) is 5.73 Å². The number of hydrogen-bond donors (Lipinski definition) is 1. The van der Waals surface area contributed by atoms with Crippen LogP contribution in [0.25, 0.3) is 0 Å². The van der Waals surface area contributed by atoms with E-state index in [0.29, 0.717) is 31.7 Å². The number of hydrogen-bond acceptors (Lipinski definition) is 3. The van der Waals surface area contributed by atoms with Gasteiger partial charge in [0.05, 0.1) is 0 Å². The number of rotatable bonds is 2. The fourth-order valence-corrected chi connectivity index (χ4v) is 3.60. The minimum Gasteiger partial charge on any atom is -0.339 e. The second kappa shape index (κ2) is 8.49. The molecule has 1 aromatic carbocycles.